The van der Waals surface area contributed by atoms with Crippen molar-refractivity contribution in [3.63, 3.8) is 0 Å². The first-order valence-electron chi connectivity index (χ1n) is 44.2. The maximum atomic E-state index is 15.6. The van der Waals surface area contributed by atoms with Gasteiger partial charge in [0.15, 0.2) is 39.7 Å². The lowest BCUT2D eigenvalue weighted by molar-refractivity contribution is -0.149. The van der Waals surface area contributed by atoms with Crippen LogP contribution in [0.25, 0.3) is 0 Å². The van der Waals surface area contributed by atoms with Crippen LogP contribution in [0.3, 0.4) is 0 Å². The van der Waals surface area contributed by atoms with Gasteiger partial charge in [0, 0.05) is 93.9 Å². The average molecular weight is 1800 g/mol. The van der Waals surface area contributed by atoms with Crippen LogP contribution < -0.4 is 0 Å². The monoisotopic (exact) mass is 1800 g/mol. The smallest absolute Gasteiger partial charge is 0.302 e. The van der Waals surface area contributed by atoms with Crippen molar-refractivity contribution >= 4 is 67.6 Å². The standard InChI is InChI=1S/C34H54FO5PSi.C31H46BrFO3Si.C25H38FO4P.C5H13O2P/c1-9-38-41(6,37)21-15-11-10-12-18-30-29(31(35)24-33(30)39-25(2)36)19-20-32(40-42(7,8)34(3,4)5)28-22-26-16-13-14-17-27(26)23-28;1-22(34)35-30-21-28(33)26(27(30)15-9-7-8-12-18-32)16-17-29(36-37(5,6)31(2,3)4)25-19-23-13-10-11-14-24(23)20-25;1-2-31(29,30)14-8-4-3-5-11-22-21(23(26)17-25(22)28)12-13-24(27)20-15-18-9-6-7-10-19(18)16-20;1-4-6-8(3)7-5-2/h10,12-14,16-17,19-20,28-33H,9,11,15,18,21-24H2,1-8H3;7,9-11,13-14,16-17,25-30H,8,12,15,18-21H2,1-6H3;3,5-7,9-10,20-25,27-28H,2,4,8,11-17H2,1H3,(H,29,30);4-5H2,1-3H3/b12-10-,20-19+;9-7-,17-16+;5-3-;/t29-,30-,31+,32?,33+,41?;26-,27-,28+,29?,30+;21-,22-,23+,24+,25+;/m111./s1. The minimum atomic E-state index is -2.96. The molecule has 3 N–H and O–H groups in total. The lowest BCUT2D eigenvalue weighted by atomic mass is 9.84. The minimum Gasteiger partial charge on any atom is -0.462 e. The first-order valence-corrected chi connectivity index (χ1v) is 57.1. The molecule has 0 spiro atoms. The molecule has 23 heteroatoms. The van der Waals surface area contributed by atoms with E-state index in [-0.39, 0.29) is 94.9 Å². The molecule has 17 atom stereocenters. The number of ether oxygens (including phenoxy) is 2. The Morgan fingerprint density at radius 3 is 1.29 bits per heavy atom. The minimum absolute atomic E-state index is 0.0580. The number of aliphatic hydroxyl groups is 2. The van der Waals surface area contributed by atoms with Crippen LogP contribution in [0.4, 0.5) is 13.2 Å². The molecule has 666 valence electrons. The summed E-state index contributed by atoms with van der Waals surface area (Å²) in [5.74, 6) is -1.07. The molecule has 3 fully saturated rings. The zero-order valence-corrected chi connectivity index (χ0v) is 81.1. The van der Waals surface area contributed by atoms with Crippen molar-refractivity contribution in [3.8, 4) is 0 Å². The normalized spacial score (nSPS) is 25.6. The van der Waals surface area contributed by atoms with Crippen molar-refractivity contribution < 1.29 is 78.9 Å². The van der Waals surface area contributed by atoms with Gasteiger partial charge >= 0.3 is 11.9 Å². The lowest BCUT2D eigenvalue weighted by Gasteiger charge is -2.40. The zero-order chi connectivity index (χ0) is 87.2. The molecule has 118 heavy (non-hydrogen) atoms. The van der Waals surface area contributed by atoms with Gasteiger partial charge in [-0.25, -0.2) is 13.2 Å². The van der Waals surface area contributed by atoms with Crippen LogP contribution in [-0.4, -0.2) is 156 Å². The highest BCUT2D eigenvalue weighted by atomic mass is 79.9. The van der Waals surface area contributed by atoms with Gasteiger partial charge in [-0.05, 0) is 229 Å². The molecule has 6 aliphatic carbocycles. The fraction of sp³-hybridized carbons (Fsp3) is 0.684. The van der Waals surface area contributed by atoms with Crippen LogP contribution in [0.5, 0.6) is 0 Å². The highest BCUT2D eigenvalue weighted by Crippen LogP contribution is 2.49. The number of esters is 2. The van der Waals surface area contributed by atoms with Gasteiger partial charge in [-0.1, -0.05) is 198 Å². The molecule has 14 nitrogen and oxygen atoms in total. The molecule has 3 aromatic rings. The Hall–Kier alpha value is -3.43. The predicted octanol–water partition coefficient (Wildman–Crippen LogP) is 24.2. The number of unbranched alkanes of at least 4 members (excludes halogenated alkanes) is 3. The van der Waals surface area contributed by atoms with Crippen LogP contribution in [0.1, 0.15) is 206 Å². The van der Waals surface area contributed by atoms with E-state index >= 15 is 8.78 Å². The number of fused-ring (bicyclic) bond motifs is 3. The van der Waals surface area contributed by atoms with Crippen LogP contribution in [0.15, 0.2) is 134 Å². The number of allylic oxidation sites excluding steroid dienone is 8. The molecular weight excluding hydrogens is 1650 g/mol. The van der Waals surface area contributed by atoms with E-state index in [1.807, 2.05) is 57.8 Å². The number of carbonyl (C=O) groups excluding carboxylic acids is 2. The molecular formula is C95H151BrF3O14P3Si2. The molecule has 6 aliphatic rings. The number of hydrogen-bond acceptors (Lipinski definition) is 13. The summed E-state index contributed by atoms with van der Waals surface area (Å²) in [5, 5.41) is 22.2. The van der Waals surface area contributed by atoms with E-state index < -0.39 is 82.7 Å². The van der Waals surface area contributed by atoms with Gasteiger partial charge in [-0.2, -0.15) is 0 Å². The SMILES string of the molecule is CC(=O)O[C@H]1C[C@H](F)[C@H](/C=C/C(O[Si](C)(C)C(C)(C)C)C2Cc3ccccc3C2)[C@H]1C/C=C\CCCBr.CCOP(C)(=O)CCC/C=C\C[C@@H]1[C@@H](/C=C/C(O[Si](C)(C)C(C)(C)C)C2Cc3ccccc3C2)[C@@H](F)C[C@@H]1OC(C)=O.CCOP(C)OCC.CCP(=O)(O)CCC/C=C\C[C@@H]1[C@@H](CC[C@H](O)C2Cc3ccccc3C2)[C@@H](F)C[C@@H]1O. The molecule has 0 amide bonds. The van der Waals surface area contributed by atoms with E-state index in [9.17, 15) is 38.2 Å². The number of aliphatic hydroxyl groups excluding tert-OH is 2. The van der Waals surface area contributed by atoms with E-state index in [4.69, 9.17) is 31.9 Å². The number of rotatable bonds is 40. The largest absolute Gasteiger partial charge is 0.462 e. The van der Waals surface area contributed by atoms with E-state index in [1.165, 1.54) is 47.2 Å². The second kappa shape index (κ2) is 50.1. The Bertz CT molecular complexity index is 3670. The van der Waals surface area contributed by atoms with Crippen molar-refractivity contribution in [2.24, 2.45) is 53.3 Å². The number of hydrogen-bond donors (Lipinski definition) is 3. The third-order valence-electron chi connectivity index (χ3n) is 25.9. The number of carbonyl (C=O) groups is 2. The topological polar surface area (TPSA) is 194 Å². The third kappa shape index (κ3) is 33.5. The second-order valence-corrected chi connectivity index (χ2v) is 54.1. The summed E-state index contributed by atoms with van der Waals surface area (Å²) < 4.78 is 111. The van der Waals surface area contributed by atoms with Crippen LogP contribution in [0, 0.1) is 53.3 Å². The summed E-state index contributed by atoms with van der Waals surface area (Å²) >= 11 is 3.47. The van der Waals surface area contributed by atoms with Gasteiger partial charge in [0.2, 0.25) is 0 Å². The summed E-state index contributed by atoms with van der Waals surface area (Å²) in [7, 11) is -10.2. The highest BCUT2D eigenvalue weighted by Gasteiger charge is 2.48. The Balaban J connectivity index is 0.000000264. The van der Waals surface area contributed by atoms with Crippen LogP contribution in [0.2, 0.25) is 36.3 Å². The van der Waals surface area contributed by atoms with Gasteiger partial charge in [0.05, 0.1) is 44.2 Å². The van der Waals surface area contributed by atoms with Gasteiger partial charge in [-0.15, -0.1) is 0 Å². The number of benzene rings is 3. The van der Waals surface area contributed by atoms with Gasteiger partial charge in [-0.3, -0.25) is 18.7 Å². The van der Waals surface area contributed by atoms with Crippen molar-refractivity contribution in [1.29, 1.82) is 0 Å². The van der Waals surface area contributed by atoms with E-state index in [0.29, 0.717) is 75.5 Å². The van der Waals surface area contributed by atoms with Crippen molar-refractivity contribution in [3.05, 3.63) is 167 Å². The third-order valence-corrected chi connectivity index (χ3v) is 40.6. The van der Waals surface area contributed by atoms with Crippen molar-refractivity contribution in [2.75, 3.05) is 57.0 Å². The fourth-order valence-corrected chi connectivity index (χ4v) is 23.4. The maximum Gasteiger partial charge on any atom is 0.302 e. The van der Waals surface area contributed by atoms with Crippen LogP contribution in [-0.2, 0) is 89.1 Å². The Labute approximate surface area is 721 Å². The van der Waals surface area contributed by atoms with E-state index in [0.717, 1.165) is 89.2 Å². The van der Waals surface area contributed by atoms with Gasteiger partial charge < -0.3 is 47.0 Å². The summed E-state index contributed by atoms with van der Waals surface area (Å²) in [6.07, 6.45) is 31.1. The Morgan fingerprint density at radius 1 is 0.559 bits per heavy atom. The highest BCUT2D eigenvalue weighted by molar-refractivity contribution is 9.09. The molecule has 0 bridgehead atoms. The molecule has 3 saturated carbocycles. The van der Waals surface area contributed by atoms with Crippen molar-refractivity contribution in [1.82, 2.24) is 0 Å². The van der Waals surface area contributed by atoms with Crippen LogP contribution >= 0.6 is 39.0 Å². The first kappa shape index (κ1) is 103. The summed E-state index contributed by atoms with van der Waals surface area (Å²) in [6, 6.07) is 25.6. The molecule has 0 saturated heterocycles. The molecule has 4 unspecified atom stereocenters. The van der Waals surface area contributed by atoms with Gasteiger partial charge in [0.1, 0.15) is 30.7 Å². The Morgan fingerprint density at radius 2 is 0.932 bits per heavy atom. The summed E-state index contributed by atoms with van der Waals surface area (Å²) in [6.45, 7) is 38.6. The van der Waals surface area contributed by atoms with E-state index in [1.54, 1.807) is 13.6 Å². The molecule has 9 rings (SSSR count). The molecule has 0 aromatic heterocycles. The van der Waals surface area contributed by atoms with Gasteiger partial charge in [0.25, 0.3) is 0 Å². The Kier molecular flexibility index (Phi) is 43.8. The summed E-state index contributed by atoms with van der Waals surface area (Å²) in [5.41, 5.74) is 8.17. The maximum absolute atomic E-state index is 15.6. The number of halogens is 4. The molecule has 0 aliphatic heterocycles. The zero-order valence-electron chi connectivity index (χ0n) is 74.9. The molecule has 0 radical (unpaired) electrons. The summed E-state index contributed by atoms with van der Waals surface area (Å²) in [4.78, 5) is 33.3. The second-order valence-electron chi connectivity index (χ2n) is 36.9. The predicted molar refractivity (Wildman–Crippen MR) is 490 cm³/mol. The lowest BCUT2D eigenvalue weighted by Crippen LogP contribution is -2.45. The number of alkyl halides is 4. The average Bonchev–Trinajstić information content (AvgIpc) is 1.65. The van der Waals surface area contributed by atoms with E-state index in [2.05, 4.69) is 187 Å². The molecule has 0 heterocycles. The first-order chi connectivity index (χ1) is 55.7. The molecule has 3 aromatic carbocycles. The quantitative estimate of drug-likeness (QED) is 0.0122. The van der Waals surface area contributed by atoms with Crippen molar-refractivity contribution in [2.45, 2.75) is 303 Å². The fourth-order valence-electron chi connectivity index (χ4n) is 17.2.